The number of benzene rings is 4. The first-order chi connectivity index (χ1) is 22.2. The lowest BCUT2D eigenvalue weighted by Gasteiger charge is -2.36. The molecule has 4 aromatic carbocycles. The van der Waals surface area contributed by atoms with Gasteiger partial charge in [-0.2, -0.15) is 13.2 Å². The molecular weight excluding hydrogens is 628 g/mol. The molecule has 1 atom stereocenters. The van der Waals surface area contributed by atoms with Gasteiger partial charge in [-0.1, -0.05) is 60.3 Å². The number of esters is 1. The van der Waals surface area contributed by atoms with Gasteiger partial charge in [-0.3, -0.25) is 9.69 Å². The lowest BCUT2D eigenvalue weighted by atomic mass is 10.1. The number of piperazine rings is 1. The number of alkyl halides is 3. The standard InChI is InChI=1S/C36H38F3N3O2S2/c1-25-12-13-27-8-3-4-9-29(27)34(25)45-26(2)35(43)44-23-22-41-20-18-40(19-21-41)16-7-17-42-30-10-5-6-11-32(30)46-33-15-14-28(24-31(33)42)36(37,38)39/h3-6,8-15,24,26H,7,16-23H2,1-2H3. The fraction of sp³-hybridized carbons (Fsp3) is 0.361. The van der Waals surface area contributed by atoms with Crippen molar-refractivity contribution in [2.75, 3.05) is 57.3 Å². The minimum Gasteiger partial charge on any atom is -0.463 e. The van der Waals surface area contributed by atoms with Crippen molar-refractivity contribution < 1.29 is 22.7 Å². The molecule has 0 N–H and O–H groups in total. The molecule has 1 fully saturated rings. The van der Waals surface area contributed by atoms with E-state index in [1.807, 2.05) is 48.2 Å². The molecule has 2 aliphatic heterocycles. The van der Waals surface area contributed by atoms with Crippen molar-refractivity contribution in [1.82, 2.24) is 9.80 Å². The van der Waals surface area contributed by atoms with Crippen LogP contribution in [0.3, 0.4) is 0 Å². The van der Waals surface area contributed by atoms with E-state index in [4.69, 9.17) is 4.74 Å². The molecule has 0 saturated carbocycles. The van der Waals surface area contributed by atoms with E-state index in [2.05, 4.69) is 41.0 Å². The van der Waals surface area contributed by atoms with Gasteiger partial charge < -0.3 is 14.5 Å². The third-order valence-corrected chi connectivity index (χ3v) is 11.1. The third kappa shape index (κ3) is 7.51. The summed E-state index contributed by atoms with van der Waals surface area (Å²) in [5.41, 5.74) is 2.11. The number of hydrogen-bond donors (Lipinski definition) is 0. The molecular formula is C36H38F3N3O2S2. The monoisotopic (exact) mass is 665 g/mol. The van der Waals surface area contributed by atoms with Crippen LogP contribution in [0.15, 0.2) is 93.5 Å². The maximum absolute atomic E-state index is 13.5. The number of anilines is 2. The molecule has 1 unspecified atom stereocenters. The Morgan fingerprint density at radius 3 is 2.35 bits per heavy atom. The number of thioether (sulfide) groups is 1. The van der Waals surface area contributed by atoms with E-state index >= 15 is 0 Å². The van der Waals surface area contributed by atoms with Crippen LogP contribution >= 0.6 is 23.5 Å². The normalized spacial score (nSPS) is 16.2. The largest absolute Gasteiger partial charge is 0.463 e. The molecule has 0 aromatic heterocycles. The summed E-state index contributed by atoms with van der Waals surface area (Å²) >= 11 is 3.08. The number of para-hydroxylation sites is 1. The SMILES string of the molecule is Cc1ccc2ccccc2c1SC(C)C(=O)OCCN1CCN(CCCN2c3ccccc3Sc3ccc(C(F)(F)F)cc32)CC1. The highest BCUT2D eigenvalue weighted by Crippen LogP contribution is 2.49. The van der Waals surface area contributed by atoms with Crippen molar-refractivity contribution in [3.8, 4) is 0 Å². The summed E-state index contributed by atoms with van der Waals surface area (Å²) in [6.07, 6.45) is -3.55. The Balaban J connectivity index is 0.955. The Labute approximate surface area is 277 Å². The fourth-order valence-corrected chi connectivity index (χ4v) is 8.22. The number of carbonyl (C=O) groups excluding carboxylic acids is 1. The number of hydrogen-bond acceptors (Lipinski definition) is 7. The number of nitrogens with zero attached hydrogens (tertiary/aromatic N) is 3. The lowest BCUT2D eigenvalue weighted by molar-refractivity contribution is -0.143. The highest BCUT2D eigenvalue weighted by atomic mass is 32.2. The van der Waals surface area contributed by atoms with Gasteiger partial charge in [0.05, 0.1) is 16.9 Å². The average molecular weight is 666 g/mol. The molecule has 242 valence electrons. The summed E-state index contributed by atoms with van der Waals surface area (Å²) in [5, 5.41) is 2.01. The number of rotatable bonds is 10. The van der Waals surface area contributed by atoms with E-state index in [1.165, 1.54) is 23.9 Å². The second-order valence-corrected chi connectivity index (χ2v) is 14.2. The van der Waals surface area contributed by atoms with Crippen LogP contribution in [0.25, 0.3) is 10.8 Å². The van der Waals surface area contributed by atoms with Crippen molar-refractivity contribution in [3.05, 3.63) is 90.0 Å². The summed E-state index contributed by atoms with van der Waals surface area (Å²) in [6.45, 7) is 10.1. The minimum atomic E-state index is -4.38. The van der Waals surface area contributed by atoms with E-state index in [0.29, 0.717) is 25.4 Å². The Morgan fingerprint density at radius 1 is 0.870 bits per heavy atom. The summed E-state index contributed by atoms with van der Waals surface area (Å²) < 4.78 is 46.3. The molecule has 0 amide bonds. The zero-order valence-corrected chi connectivity index (χ0v) is 27.7. The molecule has 4 aromatic rings. The summed E-state index contributed by atoms with van der Waals surface area (Å²) in [6, 6.07) is 24.4. The van der Waals surface area contributed by atoms with Crippen LogP contribution in [-0.4, -0.2) is 73.4 Å². The Bertz CT molecular complexity index is 1690. The molecule has 0 radical (unpaired) electrons. The van der Waals surface area contributed by atoms with Gasteiger partial charge in [0.15, 0.2) is 0 Å². The number of fused-ring (bicyclic) bond motifs is 3. The molecule has 46 heavy (non-hydrogen) atoms. The average Bonchev–Trinajstić information content (AvgIpc) is 3.05. The van der Waals surface area contributed by atoms with Gasteiger partial charge >= 0.3 is 12.1 Å². The van der Waals surface area contributed by atoms with Gasteiger partial charge in [0.25, 0.3) is 0 Å². The van der Waals surface area contributed by atoms with Gasteiger partial charge in [-0.05, 0) is 73.5 Å². The number of aryl methyl sites for hydroxylation is 1. The summed E-state index contributed by atoms with van der Waals surface area (Å²) in [5.74, 6) is -0.197. The molecule has 0 bridgehead atoms. The maximum atomic E-state index is 13.5. The molecule has 2 heterocycles. The predicted molar refractivity (Wildman–Crippen MR) is 181 cm³/mol. The van der Waals surface area contributed by atoms with Crippen molar-refractivity contribution in [1.29, 1.82) is 0 Å². The van der Waals surface area contributed by atoms with Crippen LogP contribution < -0.4 is 4.90 Å². The van der Waals surface area contributed by atoms with Crippen LogP contribution in [0.5, 0.6) is 0 Å². The van der Waals surface area contributed by atoms with Gasteiger partial charge in [0.1, 0.15) is 11.9 Å². The van der Waals surface area contributed by atoms with Crippen molar-refractivity contribution in [3.63, 3.8) is 0 Å². The first-order valence-corrected chi connectivity index (χ1v) is 17.4. The second kappa shape index (κ2) is 14.3. The van der Waals surface area contributed by atoms with Crippen molar-refractivity contribution in [2.45, 2.75) is 46.4 Å². The maximum Gasteiger partial charge on any atom is 0.416 e. The highest BCUT2D eigenvalue weighted by Gasteiger charge is 2.33. The molecule has 0 aliphatic carbocycles. The molecule has 5 nitrogen and oxygen atoms in total. The topological polar surface area (TPSA) is 36.0 Å². The van der Waals surface area contributed by atoms with E-state index in [1.54, 1.807) is 17.8 Å². The fourth-order valence-electron chi connectivity index (χ4n) is 6.06. The number of halogens is 3. The van der Waals surface area contributed by atoms with E-state index in [0.717, 1.165) is 75.9 Å². The Kier molecular flexibility index (Phi) is 10.2. The zero-order chi connectivity index (χ0) is 32.3. The smallest absolute Gasteiger partial charge is 0.416 e. The number of carbonyl (C=O) groups is 1. The van der Waals surface area contributed by atoms with Crippen molar-refractivity contribution >= 4 is 51.6 Å². The predicted octanol–water partition coefficient (Wildman–Crippen LogP) is 8.50. The van der Waals surface area contributed by atoms with Gasteiger partial charge in [-0.25, -0.2) is 0 Å². The molecule has 2 aliphatic rings. The lowest BCUT2D eigenvalue weighted by Crippen LogP contribution is -2.47. The van der Waals surface area contributed by atoms with Crippen LogP contribution in [0.1, 0.15) is 24.5 Å². The minimum absolute atomic E-state index is 0.197. The van der Waals surface area contributed by atoms with Crippen LogP contribution in [0, 0.1) is 6.92 Å². The zero-order valence-electron chi connectivity index (χ0n) is 26.1. The highest BCUT2D eigenvalue weighted by molar-refractivity contribution is 8.00. The van der Waals surface area contributed by atoms with Gasteiger partial charge in [-0.15, -0.1) is 11.8 Å². The molecule has 10 heteroatoms. The number of ether oxygens (including phenoxy) is 1. The van der Waals surface area contributed by atoms with Crippen LogP contribution in [0.2, 0.25) is 0 Å². The summed E-state index contributed by atoms with van der Waals surface area (Å²) in [4.78, 5) is 22.6. The Hall–Kier alpha value is -3.18. The second-order valence-electron chi connectivity index (χ2n) is 11.8. The van der Waals surface area contributed by atoms with E-state index in [-0.39, 0.29) is 11.2 Å². The van der Waals surface area contributed by atoms with Gasteiger partial charge in [0, 0.05) is 54.0 Å². The first kappa shape index (κ1) is 32.7. The van der Waals surface area contributed by atoms with Crippen LogP contribution in [0.4, 0.5) is 24.5 Å². The quantitative estimate of drug-likeness (QED) is 0.124. The Morgan fingerprint density at radius 2 is 1.57 bits per heavy atom. The molecule has 6 rings (SSSR count). The summed E-state index contributed by atoms with van der Waals surface area (Å²) in [7, 11) is 0. The third-order valence-electron chi connectivity index (χ3n) is 8.63. The van der Waals surface area contributed by atoms with Gasteiger partial charge in [0.2, 0.25) is 0 Å². The van der Waals surface area contributed by atoms with Crippen LogP contribution in [-0.2, 0) is 15.7 Å². The molecule has 1 saturated heterocycles. The van der Waals surface area contributed by atoms with E-state index in [9.17, 15) is 18.0 Å². The molecule has 0 spiro atoms. The van der Waals surface area contributed by atoms with E-state index < -0.39 is 11.7 Å². The first-order valence-electron chi connectivity index (χ1n) is 15.7. The van der Waals surface area contributed by atoms with Crippen molar-refractivity contribution in [2.24, 2.45) is 0 Å².